The number of fused-ring (bicyclic) bond motifs is 1. The van der Waals surface area contributed by atoms with E-state index in [-0.39, 0.29) is 35.7 Å². The van der Waals surface area contributed by atoms with E-state index in [9.17, 15) is 22.4 Å². The zero-order valence-corrected chi connectivity index (χ0v) is 21.2. The van der Waals surface area contributed by atoms with E-state index in [1.54, 1.807) is 28.9 Å². The molecule has 0 bridgehead atoms. The van der Waals surface area contributed by atoms with Gasteiger partial charge in [0.15, 0.2) is 17.2 Å². The molecule has 7 nitrogen and oxygen atoms in total. The van der Waals surface area contributed by atoms with E-state index in [0.717, 1.165) is 30.0 Å². The van der Waals surface area contributed by atoms with Crippen LogP contribution in [0, 0.1) is 12.7 Å². The van der Waals surface area contributed by atoms with Gasteiger partial charge < -0.3 is 20.1 Å². The van der Waals surface area contributed by atoms with Crippen molar-refractivity contribution in [3.05, 3.63) is 71.8 Å². The first-order valence-electron chi connectivity index (χ1n) is 12.4. The van der Waals surface area contributed by atoms with Crippen molar-refractivity contribution in [2.75, 3.05) is 19.0 Å². The molecule has 2 aromatic carbocycles. The number of rotatable bonds is 9. The first kappa shape index (κ1) is 26.3. The third kappa shape index (κ3) is 6.08. The monoisotopic (exact) mass is 542 g/mol. The molecule has 39 heavy (non-hydrogen) atoms. The lowest BCUT2D eigenvalue weighted by molar-refractivity contribution is -0.131. The van der Waals surface area contributed by atoms with Crippen molar-refractivity contribution in [3.63, 3.8) is 0 Å². The number of methoxy groups -OCH3 is 1. The summed E-state index contributed by atoms with van der Waals surface area (Å²) >= 11 is 0. The molecule has 0 radical (unpaired) electrons. The Labute approximate surface area is 221 Å². The summed E-state index contributed by atoms with van der Waals surface area (Å²) in [6.45, 7) is 1.47. The fourth-order valence-corrected chi connectivity index (χ4v) is 4.22. The van der Waals surface area contributed by atoms with Crippen molar-refractivity contribution < 1.29 is 31.8 Å². The fourth-order valence-electron chi connectivity index (χ4n) is 4.22. The van der Waals surface area contributed by atoms with Crippen LogP contribution in [-0.2, 0) is 0 Å². The molecule has 204 valence electrons. The molecule has 0 atom stereocenters. The summed E-state index contributed by atoms with van der Waals surface area (Å²) in [4.78, 5) is 17.0. The predicted molar refractivity (Wildman–Crippen MR) is 138 cm³/mol. The van der Waals surface area contributed by atoms with Gasteiger partial charge in [-0.2, -0.15) is 13.2 Å². The Hall–Kier alpha value is -4.28. The first-order chi connectivity index (χ1) is 18.6. The van der Waals surface area contributed by atoms with Gasteiger partial charge in [-0.1, -0.05) is 6.07 Å². The summed E-state index contributed by atoms with van der Waals surface area (Å²) in [5.41, 5.74) is 3.41. The number of ether oxygens (including phenoxy) is 2. The minimum absolute atomic E-state index is 0.0498. The molecule has 1 fully saturated rings. The molecule has 0 unspecified atom stereocenters. The lowest BCUT2D eigenvalue weighted by atomic mass is 10.0. The van der Waals surface area contributed by atoms with Gasteiger partial charge in [0.2, 0.25) is 0 Å². The molecule has 11 heteroatoms. The van der Waals surface area contributed by atoms with E-state index in [0.29, 0.717) is 22.6 Å². The standard InChI is InChI=1S/C28H26F4N4O3/c1-16-11-17(3-7-21(16)27(37)35-18-4-5-18)24-14-34-26-23(33-10-9-28(30,31)32)13-20(15-36(24)26)39-19-6-8-25(38-2)22(29)12-19/h3,6-8,11-15,18,33H,4-5,9-10H2,1-2H3,(H,35,37). The lowest BCUT2D eigenvalue weighted by Crippen LogP contribution is -2.26. The van der Waals surface area contributed by atoms with Crippen molar-refractivity contribution in [3.8, 4) is 28.5 Å². The summed E-state index contributed by atoms with van der Waals surface area (Å²) in [5, 5.41) is 5.77. The molecule has 5 rings (SSSR count). The van der Waals surface area contributed by atoms with Crippen molar-refractivity contribution in [2.45, 2.75) is 38.4 Å². The summed E-state index contributed by atoms with van der Waals surface area (Å²) in [7, 11) is 1.35. The van der Waals surface area contributed by atoms with Gasteiger partial charge in [-0.15, -0.1) is 0 Å². The van der Waals surface area contributed by atoms with Crippen molar-refractivity contribution in [1.82, 2.24) is 14.7 Å². The second-order valence-electron chi connectivity index (χ2n) is 9.39. The number of hydrogen-bond acceptors (Lipinski definition) is 5. The van der Waals surface area contributed by atoms with E-state index in [2.05, 4.69) is 15.6 Å². The summed E-state index contributed by atoms with van der Waals surface area (Å²) in [6, 6.07) is 11.2. The van der Waals surface area contributed by atoms with Crippen LogP contribution in [0.3, 0.4) is 0 Å². The highest BCUT2D eigenvalue weighted by molar-refractivity contribution is 5.96. The molecule has 1 aliphatic carbocycles. The number of amides is 1. The van der Waals surface area contributed by atoms with Crippen LogP contribution in [0.5, 0.6) is 17.2 Å². The number of alkyl halides is 3. The second-order valence-corrected chi connectivity index (χ2v) is 9.39. The number of carbonyl (C=O) groups excluding carboxylic acids is 1. The van der Waals surface area contributed by atoms with Crippen molar-refractivity contribution in [1.29, 1.82) is 0 Å². The SMILES string of the molecule is COc1ccc(Oc2cc(NCCC(F)(F)F)c3ncc(-c4ccc(C(=O)NC5CC5)c(C)c4)n3c2)cc1F. The highest BCUT2D eigenvalue weighted by Crippen LogP contribution is 2.33. The number of anilines is 1. The molecule has 2 heterocycles. The number of benzene rings is 2. The number of hydrogen-bond donors (Lipinski definition) is 2. The number of imidazole rings is 1. The van der Waals surface area contributed by atoms with Crippen LogP contribution in [0.2, 0.25) is 0 Å². The number of aromatic nitrogens is 2. The molecule has 2 aromatic heterocycles. The highest BCUT2D eigenvalue weighted by atomic mass is 19.4. The first-order valence-corrected chi connectivity index (χ1v) is 12.4. The number of aryl methyl sites for hydroxylation is 1. The zero-order valence-electron chi connectivity index (χ0n) is 21.2. The van der Waals surface area contributed by atoms with Gasteiger partial charge in [-0.25, -0.2) is 9.37 Å². The number of nitrogens with zero attached hydrogens (tertiary/aromatic N) is 2. The van der Waals surface area contributed by atoms with Gasteiger partial charge in [0.1, 0.15) is 11.5 Å². The van der Waals surface area contributed by atoms with E-state index in [1.165, 1.54) is 25.3 Å². The Morgan fingerprint density at radius 3 is 2.59 bits per heavy atom. The molecule has 0 aliphatic heterocycles. The minimum atomic E-state index is -4.33. The summed E-state index contributed by atoms with van der Waals surface area (Å²) in [6.07, 6.45) is -0.179. The maximum Gasteiger partial charge on any atom is 0.390 e. The Bertz CT molecular complexity index is 1530. The Morgan fingerprint density at radius 2 is 1.92 bits per heavy atom. The van der Waals surface area contributed by atoms with Crippen molar-refractivity contribution >= 4 is 17.2 Å². The molecule has 1 saturated carbocycles. The zero-order chi connectivity index (χ0) is 27.7. The van der Waals surface area contributed by atoms with E-state index >= 15 is 0 Å². The van der Waals surface area contributed by atoms with Crippen LogP contribution in [0.25, 0.3) is 16.9 Å². The minimum Gasteiger partial charge on any atom is -0.494 e. The number of pyridine rings is 1. The van der Waals surface area contributed by atoms with Gasteiger partial charge in [0.05, 0.1) is 37.3 Å². The van der Waals surface area contributed by atoms with E-state index in [4.69, 9.17) is 9.47 Å². The van der Waals surface area contributed by atoms with Crippen LogP contribution >= 0.6 is 0 Å². The van der Waals surface area contributed by atoms with Crippen LogP contribution < -0.4 is 20.1 Å². The van der Waals surface area contributed by atoms with Gasteiger partial charge >= 0.3 is 6.18 Å². The van der Waals surface area contributed by atoms with Gasteiger partial charge in [-0.05, 0) is 49.6 Å². The normalized spacial score (nSPS) is 13.4. The van der Waals surface area contributed by atoms with Crippen LogP contribution in [0.1, 0.15) is 35.2 Å². The van der Waals surface area contributed by atoms with Gasteiger partial charge in [0.25, 0.3) is 5.91 Å². The third-order valence-electron chi connectivity index (χ3n) is 6.34. The number of nitrogens with one attached hydrogen (secondary N) is 2. The van der Waals surface area contributed by atoms with Crippen LogP contribution in [-0.4, -0.2) is 41.2 Å². The quantitative estimate of drug-likeness (QED) is 0.236. The maximum atomic E-state index is 14.2. The molecule has 2 N–H and O–H groups in total. The van der Waals surface area contributed by atoms with Gasteiger partial charge in [0, 0.05) is 35.8 Å². The molecule has 1 amide bonds. The van der Waals surface area contributed by atoms with E-state index in [1.807, 2.05) is 13.0 Å². The number of carbonyl (C=O) groups is 1. The molecule has 1 aliphatic rings. The summed E-state index contributed by atoms with van der Waals surface area (Å²) in [5.74, 6) is -0.272. The topological polar surface area (TPSA) is 76.9 Å². The second kappa shape index (κ2) is 10.5. The third-order valence-corrected chi connectivity index (χ3v) is 6.34. The molecular weight excluding hydrogens is 516 g/mol. The van der Waals surface area contributed by atoms with Crippen LogP contribution in [0.4, 0.5) is 23.2 Å². The number of halogens is 4. The molecule has 0 spiro atoms. The average molecular weight is 543 g/mol. The Balaban J connectivity index is 1.51. The smallest absolute Gasteiger partial charge is 0.390 e. The van der Waals surface area contributed by atoms with Crippen LogP contribution in [0.15, 0.2) is 54.9 Å². The predicted octanol–water partition coefficient (Wildman–Crippen LogP) is 6.51. The van der Waals surface area contributed by atoms with E-state index < -0.39 is 18.4 Å². The lowest BCUT2D eigenvalue weighted by Gasteiger charge is -2.14. The maximum absolute atomic E-state index is 14.2. The molecule has 0 saturated heterocycles. The molecular formula is C28H26F4N4O3. The largest absolute Gasteiger partial charge is 0.494 e. The Morgan fingerprint density at radius 1 is 1.13 bits per heavy atom. The Kier molecular flexibility index (Phi) is 7.07. The average Bonchev–Trinajstić information content (AvgIpc) is 3.58. The summed E-state index contributed by atoms with van der Waals surface area (Å²) < 4.78 is 65.1. The molecule has 4 aromatic rings. The van der Waals surface area contributed by atoms with Gasteiger partial charge in [-0.3, -0.25) is 9.20 Å². The highest BCUT2D eigenvalue weighted by Gasteiger charge is 2.27. The van der Waals surface area contributed by atoms with Crippen molar-refractivity contribution in [2.24, 2.45) is 0 Å². The fraction of sp³-hybridized carbons (Fsp3) is 0.286.